The summed E-state index contributed by atoms with van der Waals surface area (Å²) >= 11 is 0. The predicted octanol–water partition coefficient (Wildman–Crippen LogP) is 2.82. The van der Waals surface area contributed by atoms with E-state index < -0.39 is 0 Å². The lowest BCUT2D eigenvalue weighted by Crippen LogP contribution is -2.53. The Hall–Kier alpha value is -0.120. The number of rotatable bonds is 5. The molecule has 21 heavy (non-hydrogen) atoms. The second-order valence-electron chi connectivity index (χ2n) is 8.43. The van der Waals surface area contributed by atoms with Crippen molar-refractivity contribution in [2.75, 3.05) is 26.2 Å². The molecule has 0 aromatic rings. The molecule has 4 bridgehead atoms. The second kappa shape index (κ2) is 5.82. The van der Waals surface area contributed by atoms with Crippen LogP contribution in [0.1, 0.15) is 57.8 Å². The maximum absolute atomic E-state index is 10.3. The molecular formula is C18H31NO2. The van der Waals surface area contributed by atoms with Crippen LogP contribution in [-0.2, 0) is 4.74 Å². The summed E-state index contributed by atoms with van der Waals surface area (Å²) in [5.41, 5.74) is 0.150. The topological polar surface area (TPSA) is 32.7 Å². The summed E-state index contributed by atoms with van der Waals surface area (Å²) < 4.78 is 6.37. The fraction of sp³-hybridized carbons (Fsp3) is 1.00. The molecular weight excluding hydrogens is 262 g/mol. The van der Waals surface area contributed by atoms with Gasteiger partial charge in [0, 0.05) is 6.54 Å². The summed E-state index contributed by atoms with van der Waals surface area (Å²) in [6.07, 6.45) is 11.8. The molecule has 0 spiro atoms. The van der Waals surface area contributed by atoms with E-state index in [2.05, 4.69) is 4.90 Å². The number of aliphatic hydroxyl groups excluding tert-OH is 1. The Morgan fingerprint density at radius 1 is 0.952 bits per heavy atom. The molecule has 1 saturated heterocycles. The summed E-state index contributed by atoms with van der Waals surface area (Å²) in [4.78, 5) is 2.41. The van der Waals surface area contributed by atoms with Gasteiger partial charge in [0.05, 0.1) is 18.3 Å². The van der Waals surface area contributed by atoms with Gasteiger partial charge in [0.15, 0.2) is 0 Å². The molecule has 5 rings (SSSR count). The summed E-state index contributed by atoms with van der Waals surface area (Å²) in [5, 5.41) is 10.3. The van der Waals surface area contributed by atoms with Crippen LogP contribution >= 0.6 is 0 Å². The number of piperidine rings is 1. The van der Waals surface area contributed by atoms with Crippen LogP contribution in [0.4, 0.5) is 0 Å². The zero-order valence-electron chi connectivity index (χ0n) is 13.3. The van der Waals surface area contributed by atoms with Gasteiger partial charge in [0.25, 0.3) is 0 Å². The number of β-amino-alcohol motifs (C(OH)–C–C–N with tert-alkyl or cyclic N) is 1. The van der Waals surface area contributed by atoms with Crippen molar-refractivity contribution in [2.24, 2.45) is 17.8 Å². The maximum Gasteiger partial charge on any atom is 0.0900 e. The van der Waals surface area contributed by atoms with Crippen molar-refractivity contribution in [1.29, 1.82) is 0 Å². The quantitative estimate of drug-likeness (QED) is 0.846. The molecule has 120 valence electrons. The minimum Gasteiger partial charge on any atom is -0.389 e. The zero-order chi connectivity index (χ0) is 14.3. The molecule has 0 aromatic heterocycles. The second-order valence-corrected chi connectivity index (χ2v) is 8.43. The molecule has 1 heterocycles. The molecule has 4 saturated carbocycles. The lowest BCUT2D eigenvalue weighted by molar-refractivity contribution is -0.176. The Labute approximate surface area is 129 Å². The zero-order valence-corrected chi connectivity index (χ0v) is 13.3. The molecule has 0 radical (unpaired) electrons. The van der Waals surface area contributed by atoms with Gasteiger partial charge in [-0.1, -0.05) is 6.42 Å². The van der Waals surface area contributed by atoms with E-state index in [1.165, 1.54) is 57.8 Å². The number of likely N-dealkylation sites (tertiary alicyclic amines) is 1. The Balaban J connectivity index is 1.28. The van der Waals surface area contributed by atoms with Gasteiger partial charge in [-0.05, 0) is 82.2 Å². The number of hydrogen-bond donors (Lipinski definition) is 1. The third-order valence-corrected chi connectivity index (χ3v) is 6.48. The Morgan fingerprint density at radius 2 is 1.52 bits per heavy atom. The number of hydrogen-bond acceptors (Lipinski definition) is 3. The first-order valence-electron chi connectivity index (χ1n) is 9.25. The Morgan fingerprint density at radius 3 is 2.10 bits per heavy atom. The molecule has 3 nitrogen and oxygen atoms in total. The third kappa shape index (κ3) is 3.16. The fourth-order valence-corrected chi connectivity index (χ4v) is 5.97. The smallest absolute Gasteiger partial charge is 0.0900 e. The first-order chi connectivity index (χ1) is 10.2. The minimum absolute atomic E-state index is 0.150. The first-order valence-corrected chi connectivity index (χ1v) is 9.25. The summed E-state index contributed by atoms with van der Waals surface area (Å²) in [6, 6.07) is 0. The largest absolute Gasteiger partial charge is 0.389 e. The van der Waals surface area contributed by atoms with E-state index in [4.69, 9.17) is 4.74 Å². The van der Waals surface area contributed by atoms with Gasteiger partial charge >= 0.3 is 0 Å². The van der Waals surface area contributed by atoms with E-state index in [1.807, 2.05) is 0 Å². The van der Waals surface area contributed by atoms with E-state index in [0.29, 0.717) is 6.61 Å². The molecule has 0 amide bonds. The van der Waals surface area contributed by atoms with Crippen LogP contribution in [0.15, 0.2) is 0 Å². The van der Waals surface area contributed by atoms with Gasteiger partial charge in [0.1, 0.15) is 0 Å². The molecule has 1 aliphatic heterocycles. The van der Waals surface area contributed by atoms with Crippen molar-refractivity contribution >= 4 is 0 Å². The van der Waals surface area contributed by atoms with Gasteiger partial charge in [0.2, 0.25) is 0 Å². The molecule has 5 aliphatic rings. The van der Waals surface area contributed by atoms with Crippen molar-refractivity contribution in [3.8, 4) is 0 Å². The van der Waals surface area contributed by atoms with Gasteiger partial charge in [-0.3, -0.25) is 0 Å². The van der Waals surface area contributed by atoms with Crippen molar-refractivity contribution in [3.63, 3.8) is 0 Å². The molecule has 0 aromatic carbocycles. The average molecular weight is 293 g/mol. The van der Waals surface area contributed by atoms with E-state index in [1.54, 1.807) is 0 Å². The Kier molecular flexibility index (Phi) is 4.01. The molecule has 1 atom stereocenters. The van der Waals surface area contributed by atoms with Crippen molar-refractivity contribution in [2.45, 2.75) is 69.5 Å². The number of ether oxygens (including phenoxy) is 1. The molecule has 5 fully saturated rings. The highest BCUT2D eigenvalue weighted by Crippen LogP contribution is 2.57. The summed E-state index contributed by atoms with van der Waals surface area (Å²) in [7, 11) is 0. The fourth-order valence-electron chi connectivity index (χ4n) is 5.97. The minimum atomic E-state index is -0.295. The van der Waals surface area contributed by atoms with Crippen LogP contribution in [0, 0.1) is 17.8 Å². The lowest BCUT2D eigenvalue weighted by atomic mass is 9.54. The van der Waals surface area contributed by atoms with Crippen molar-refractivity contribution in [3.05, 3.63) is 0 Å². The van der Waals surface area contributed by atoms with Crippen LogP contribution < -0.4 is 0 Å². The van der Waals surface area contributed by atoms with Gasteiger partial charge < -0.3 is 14.7 Å². The SMILES string of the molecule is O[C@H](COC12CC3CC(CC(C3)C1)C2)CN1CCCCC1. The van der Waals surface area contributed by atoms with Crippen molar-refractivity contribution < 1.29 is 9.84 Å². The molecule has 3 heteroatoms. The predicted molar refractivity (Wildman–Crippen MR) is 83.2 cm³/mol. The van der Waals surface area contributed by atoms with Gasteiger partial charge in [-0.15, -0.1) is 0 Å². The van der Waals surface area contributed by atoms with E-state index in [0.717, 1.165) is 37.4 Å². The van der Waals surface area contributed by atoms with Crippen LogP contribution in [0.25, 0.3) is 0 Å². The van der Waals surface area contributed by atoms with E-state index in [-0.39, 0.29) is 11.7 Å². The van der Waals surface area contributed by atoms with Crippen molar-refractivity contribution in [1.82, 2.24) is 4.90 Å². The first kappa shape index (κ1) is 14.5. The van der Waals surface area contributed by atoms with Crippen LogP contribution in [-0.4, -0.2) is 48.0 Å². The van der Waals surface area contributed by atoms with Crippen LogP contribution in [0.5, 0.6) is 0 Å². The monoisotopic (exact) mass is 293 g/mol. The molecule has 0 unspecified atom stereocenters. The van der Waals surface area contributed by atoms with Crippen LogP contribution in [0.3, 0.4) is 0 Å². The normalized spacial score (nSPS) is 44.1. The van der Waals surface area contributed by atoms with Gasteiger partial charge in [-0.25, -0.2) is 0 Å². The average Bonchev–Trinajstić information content (AvgIpc) is 2.45. The number of aliphatic hydroxyl groups is 1. The lowest BCUT2D eigenvalue weighted by Gasteiger charge is -2.56. The Bertz CT molecular complexity index is 329. The summed E-state index contributed by atoms with van der Waals surface area (Å²) in [6.45, 7) is 3.69. The van der Waals surface area contributed by atoms with E-state index in [9.17, 15) is 5.11 Å². The summed E-state index contributed by atoms with van der Waals surface area (Å²) in [5.74, 6) is 2.78. The third-order valence-electron chi connectivity index (χ3n) is 6.48. The molecule has 4 aliphatic carbocycles. The standard InChI is InChI=1S/C18H31NO2/c20-17(12-19-4-2-1-3-5-19)13-21-18-9-14-6-15(10-18)8-16(7-14)11-18/h14-17,20H,1-13H2/t14?,15?,16?,17-,18?/m0/s1. The highest BCUT2D eigenvalue weighted by atomic mass is 16.5. The number of nitrogens with zero attached hydrogens (tertiary/aromatic N) is 1. The highest BCUT2D eigenvalue weighted by molar-refractivity contribution is 5.03. The van der Waals surface area contributed by atoms with Crippen LogP contribution in [0.2, 0.25) is 0 Å². The highest BCUT2D eigenvalue weighted by Gasteiger charge is 2.51. The van der Waals surface area contributed by atoms with Gasteiger partial charge in [-0.2, -0.15) is 0 Å². The molecule has 1 N–H and O–H groups in total. The maximum atomic E-state index is 10.3. The van der Waals surface area contributed by atoms with E-state index >= 15 is 0 Å².